The minimum Gasteiger partial charge on any atom is -0.391 e. The summed E-state index contributed by atoms with van der Waals surface area (Å²) in [5, 5.41) is 12.2. The largest absolute Gasteiger partial charge is 0.391 e. The van der Waals surface area contributed by atoms with Crippen LogP contribution in [0.25, 0.3) is 0 Å². The Labute approximate surface area is 119 Å². The van der Waals surface area contributed by atoms with Gasteiger partial charge in [0.05, 0.1) is 6.10 Å². The van der Waals surface area contributed by atoms with E-state index in [9.17, 15) is 14.3 Å². The molecule has 1 unspecified atom stereocenters. The number of piperidine rings is 1. The topological polar surface area (TPSA) is 52.6 Å². The molecule has 1 atom stereocenters. The Morgan fingerprint density at radius 3 is 3.00 bits per heavy atom. The van der Waals surface area contributed by atoms with E-state index in [2.05, 4.69) is 21.2 Å². The average Bonchev–Trinajstić information content (AvgIpc) is 2.35. The van der Waals surface area contributed by atoms with Crippen molar-refractivity contribution in [1.29, 1.82) is 0 Å². The van der Waals surface area contributed by atoms with Crippen LogP contribution in [-0.2, 0) is 6.54 Å². The molecule has 6 heteroatoms. The molecule has 1 aliphatic rings. The first-order chi connectivity index (χ1) is 9.04. The molecule has 1 aromatic rings. The van der Waals surface area contributed by atoms with Crippen LogP contribution in [0, 0.1) is 5.82 Å². The standard InChI is InChI=1S/C13H16BrFN2O2/c14-10-4-9(5-11(15)6-10)7-16-13(19)17-3-1-2-12(18)8-17/h4-6,12,18H,1-3,7-8H2,(H,16,19). The highest BCUT2D eigenvalue weighted by Gasteiger charge is 2.21. The van der Waals surface area contributed by atoms with Gasteiger partial charge in [0.2, 0.25) is 0 Å². The zero-order chi connectivity index (χ0) is 13.8. The number of aliphatic hydroxyl groups excluding tert-OH is 1. The highest BCUT2D eigenvalue weighted by atomic mass is 79.9. The molecular weight excluding hydrogens is 315 g/mol. The second-order valence-corrected chi connectivity index (χ2v) is 5.59. The molecular formula is C13H16BrFN2O2. The van der Waals surface area contributed by atoms with Crippen molar-refractivity contribution >= 4 is 22.0 Å². The second kappa shape index (κ2) is 6.34. The van der Waals surface area contributed by atoms with E-state index >= 15 is 0 Å². The van der Waals surface area contributed by atoms with Crippen molar-refractivity contribution in [2.24, 2.45) is 0 Å². The fourth-order valence-corrected chi connectivity index (χ4v) is 2.65. The van der Waals surface area contributed by atoms with Gasteiger partial charge < -0.3 is 15.3 Å². The van der Waals surface area contributed by atoms with Crippen LogP contribution in [0.2, 0.25) is 0 Å². The number of hydrogen-bond acceptors (Lipinski definition) is 2. The third kappa shape index (κ3) is 4.18. The van der Waals surface area contributed by atoms with Crippen molar-refractivity contribution in [2.75, 3.05) is 13.1 Å². The van der Waals surface area contributed by atoms with Crippen LogP contribution in [0.5, 0.6) is 0 Å². The summed E-state index contributed by atoms with van der Waals surface area (Å²) >= 11 is 3.21. The molecule has 0 spiro atoms. The quantitative estimate of drug-likeness (QED) is 0.873. The van der Waals surface area contributed by atoms with Crippen molar-refractivity contribution < 1.29 is 14.3 Å². The molecule has 4 nitrogen and oxygen atoms in total. The minimum absolute atomic E-state index is 0.223. The summed E-state index contributed by atoms with van der Waals surface area (Å²) in [6.45, 7) is 1.27. The summed E-state index contributed by atoms with van der Waals surface area (Å²) in [6.07, 6.45) is 1.10. The van der Waals surface area contributed by atoms with Crippen molar-refractivity contribution in [1.82, 2.24) is 10.2 Å². The third-order valence-electron chi connectivity index (χ3n) is 3.05. The molecule has 2 rings (SSSR count). The molecule has 19 heavy (non-hydrogen) atoms. The molecule has 2 amide bonds. The molecule has 1 aliphatic heterocycles. The van der Waals surface area contributed by atoms with E-state index in [1.807, 2.05) is 0 Å². The number of hydrogen-bond donors (Lipinski definition) is 2. The van der Waals surface area contributed by atoms with Gasteiger partial charge in [-0.15, -0.1) is 0 Å². The van der Waals surface area contributed by atoms with E-state index in [4.69, 9.17) is 0 Å². The molecule has 2 N–H and O–H groups in total. The van der Waals surface area contributed by atoms with Crippen molar-refractivity contribution in [3.63, 3.8) is 0 Å². The maximum Gasteiger partial charge on any atom is 0.317 e. The van der Waals surface area contributed by atoms with Gasteiger partial charge in [0.15, 0.2) is 0 Å². The number of urea groups is 1. The fourth-order valence-electron chi connectivity index (χ4n) is 2.14. The molecule has 1 saturated heterocycles. The number of likely N-dealkylation sites (tertiary alicyclic amines) is 1. The summed E-state index contributed by atoms with van der Waals surface area (Å²) < 4.78 is 13.8. The molecule has 0 radical (unpaired) electrons. The molecule has 0 bridgehead atoms. The molecule has 1 fully saturated rings. The van der Waals surface area contributed by atoms with Crippen LogP contribution in [0.4, 0.5) is 9.18 Å². The number of benzene rings is 1. The molecule has 0 aromatic heterocycles. The van der Waals surface area contributed by atoms with Crippen LogP contribution in [0.3, 0.4) is 0 Å². The van der Waals surface area contributed by atoms with E-state index in [1.165, 1.54) is 12.1 Å². The maximum absolute atomic E-state index is 13.2. The third-order valence-corrected chi connectivity index (χ3v) is 3.51. The number of carbonyl (C=O) groups is 1. The van der Waals surface area contributed by atoms with E-state index in [-0.39, 0.29) is 18.4 Å². The number of carbonyl (C=O) groups excluding carboxylic acids is 1. The Hall–Kier alpha value is -1.14. The van der Waals surface area contributed by atoms with Crippen molar-refractivity contribution in [3.8, 4) is 0 Å². The first-order valence-corrected chi connectivity index (χ1v) is 7.00. The summed E-state index contributed by atoms with van der Waals surface area (Å²) in [5.74, 6) is -0.341. The number of halogens is 2. The van der Waals surface area contributed by atoms with Crippen molar-refractivity contribution in [3.05, 3.63) is 34.1 Å². The van der Waals surface area contributed by atoms with Gasteiger partial charge in [0.1, 0.15) is 5.82 Å². The van der Waals surface area contributed by atoms with E-state index < -0.39 is 6.10 Å². The number of nitrogens with zero attached hydrogens (tertiary/aromatic N) is 1. The minimum atomic E-state index is -0.442. The Morgan fingerprint density at radius 2 is 2.32 bits per heavy atom. The Kier molecular flexibility index (Phi) is 4.76. The van der Waals surface area contributed by atoms with Crippen LogP contribution in [-0.4, -0.2) is 35.2 Å². The monoisotopic (exact) mass is 330 g/mol. The van der Waals surface area contributed by atoms with Gasteiger partial charge in [-0.2, -0.15) is 0 Å². The first kappa shape index (κ1) is 14.3. The smallest absolute Gasteiger partial charge is 0.317 e. The SMILES string of the molecule is O=C(NCc1cc(F)cc(Br)c1)N1CCCC(O)C1. The van der Waals surface area contributed by atoms with Gasteiger partial charge in [0.25, 0.3) is 0 Å². The summed E-state index contributed by atoms with van der Waals surface area (Å²) in [4.78, 5) is 13.5. The highest BCUT2D eigenvalue weighted by molar-refractivity contribution is 9.10. The Morgan fingerprint density at radius 1 is 1.53 bits per heavy atom. The van der Waals surface area contributed by atoms with Gasteiger partial charge in [-0.3, -0.25) is 0 Å². The molecule has 1 heterocycles. The summed E-state index contributed by atoms with van der Waals surface area (Å²) in [7, 11) is 0. The number of β-amino-alcohol motifs (C(OH)–C–C–N with tert-alkyl or cyclic N) is 1. The lowest BCUT2D eigenvalue weighted by Gasteiger charge is -2.30. The molecule has 0 saturated carbocycles. The lowest BCUT2D eigenvalue weighted by Crippen LogP contribution is -2.46. The van der Waals surface area contributed by atoms with Crippen LogP contribution in [0.1, 0.15) is 18.4 Å². The zero-order valence-electron chi connectivity index (χ0n) is 10.4. The summed E-state index contributed by atoms with van der Waals surface area (Å²) in [5.41, 5.74) is 0.692. The lowest BCUT2D eigenvalue weighted by atomic mass is 10.1. The fraction of sp³-hybridized carbons (Fsp3) is 0.462. The van der Waals surface area contributed by atoms with Gasteiger partial charge in [-0.25, -0.2) is 9.18 Å². The zero-order valence-corrected chi connectivity index (χ0v) is 12.0. The average molecular weight is 331 g/mol. The number of aliphatic hydroxyl groups is 1. The maximum atomic E-state index is 13.2. The molecule has 1 aromatic carbocycles. The normalized spacial score (nSPS) is 19.3. The van der Waals surface area contributed by atoms with E-state index in [0.717, 1.165) is 12.8 Å². The Balaban J connectivity index is 1.89. The van der Waals surface area contributed by atoms with Crippen molar-refractivity contribution in [2.45, 2.75) is 25.5 Å². The van der Waals surface area contributed by atoms with Gasteiger partial charge in [-0.05, 0) is 36.6 Å². The number of amides is 2. The number of rotatable bonds is 2. The predicted octanol–water partition coefficient (Wildman–Crippen LogP) is 2.25. The van der Waals surface area contributed by atoms with Crippen LogP contribution in [0.15, 0.2) is 22.7 Å². The number of nitrogens with one attached hydrogen (secondary N) is 1. The van der Waals surface area contributed by atoms with E-state index in [0.29, 0.717) is 23.1 Å². The van der Waals surface area contributed by atoms with Gasteiger partial charge >= 0.3 is 6.03 Å². The molecule has 104 valence electrons. The van der Waals surface area contributed by atoms with Crippen LogP contribution >= 0.6 is 15.9 Å². The second-order valence-electron chi connectivity index (χ2n) is 4.68. The summed E-state index contributed by atoms with van der Waals surface area (Å²) in [6, 6.07) is 4.29. The Bertz CT molecular complexity index is 450. The van der Waals surface area contributed by atoms with Gasteiger partial charge in [0, 0.05) is 24.1 Å². The van der Waals surface area contributed by atoms with Crippen LogP contribution < -0.4 is 5.32 Å². The van der Waals surface area contributed by atoms with E-state index in [1.54, 1.807) is 11.0 Å². The predicted molar refractivity (Wildman–Crippen MR) is 73.1 cm³/mol. The van der Waals surface area contributed by atoms with Gasteiger partial charge in [-0.1, -0.05) is 15.9 Å². The highest BCUT2D eigenvalue weighted by Crippen LogP contribution is 2.15. The molecule has 0 aliphatic carbocycles. The lowest BCUT2D eigenvalue weighted by molar-refractivity contribution is 0.0842. The first-order valence-electron chi connectivity index (χ1n) is 6.20.